The summed E-state index contributed by atoms with van der Waals surface area (Å²) in [7, 11) is 0. The second-order valence-electron chi connectivity index (χ2n) is 7.15. The Kier molecular flexibility index (Phi) is 6.29. The summed E-state index contributed by atoms with van der Waals surface area (Å²) in [6, 6.07) is 15.9. The van der Waals surface area contributed by atoms with Crippen molar-refractivity contribution in [3.8, 4) is 5.75 Å². The van der Waals surface area contributed by atoms with Crippen LogP contribution in [0.4, 0.5) is 0 Å². The number of benzene rings is 2. The zero-order valence-corrected chi connectivity index (χ0v) is 15.7. The first-order chi connectivity index (χ1) is 12.6. The van der Waals surface area contributed by atoms with Gasteiger partial charge < -0.3 is 10.1 Å². The summed E-state index contributed by atoms with van der Waals surface area (Å²) >= 11 is 0. The van der Waals surface area contributed by atoms with Gasteiger partial charge in [0.05, 0.1) is 11.7 Å². The van der Waals surface area contributed by atoms with Gasteiger partial charge in [-0.3, -0.25) is 9.69 Å². The number of nitrogens with zero attached hydrogens (tertiary/aromatic N) is 1. The molecule has 4 heteroatoms. The molecule has 2 aromatic rings. The molecule has 1 heterocycles. The smallest absolute Gasteiger partial charge is 0.255 e. The van der Waals surface area contributed by atoms with E-state index < -0.39 is 0 Å². The van der Waals surface area contributed by atoms with Gasteiger partial charge in [-0.05, 0) is 63.0 Å². The Morgan fingerprint density at radius 2 is 1.69 bits per heavy atom. The molecule has 1 aliphatic rings. The van der Waals surface area contributed by atoms with Gasteiger partial charge in [-0.2, -0.15) is 0 Å². The van der Waals surface area contributed by atoms with Gasteiger partial charge in [0, 0.05) is 13.1 Å². The third kappa shape index (κ3) is 5.09. The largest absolute Gasteiger partial charge is 0.490 e. The number of likely N-dealkylation sites (tertiary alicyclic amines) is 1. The molecule has 1 saturated heterocycles. The van der Waals surface area contributed by atoms with Gasteiger partial charge in [0.1, 0.15) is 5.75 Å². The van der Waals surface area contributed by atoms with E-state index in [1.165, 1.54) is 31.5 Å². The van der Waals surface area contributed by atoms with Crippen molar-refractivity contribution in [2.45, 2.75) is 45.9 Å². The van der Waals surface area contributed by atoms with Crippen molar-refractivity contribution >= 4 is 5.91 Å². The molecule has 2 aromatic carbocycles. The van der Waals surface area contributed by atoms with Crippen LogP contribution in [0.3, 0.4) is 0 Å². The molecule has 138 valence electrons. The second-order valence-corrected chi connectivity index (χ2v) is 7.15. The molecule has 1 fully saturated rings. The minimum atomic E-state index is -0.109. The molecule has 0 aromatic heterocycles. The lowest BCUT2D eigenvalue weighted by atomic mass is 10.1. The van der Waals surface area contributed by atoms with Crippen LogP contribution in [0.15, 0.2) is 48.5 Å². The monoisotopic (exact) mass is 352 g/mol. The number of rotatable bonds is 7. The molecule has 3 rings (SSSR count). The second kappa shape index (κ2) is 8.86. The molecule has 0 aliphatic carbocycles. The van der Waals surface area contributed by atoms with Crippen LogP contribution in [0, 0.1) is 0 Å². The van der Waals surface area contributed by atoms with Crippen LogP contribution in [-0.2, 0) is 13.1 Å². The Balaban J connectivity index is 1.56. The Hall–Kier alpha value is -2.33. The summed E-state index contributed by atoms with van der Waals surface area (Å²) in [4.78, 5) is 15.0. The molecule has 1 aliphatic heterocycles. The summed E-state index contributed by atoms with van der Waals surface area (Å²) in [5.41, 5.74) is 3.01. The number of carbonyl (C=O) groups is 1. The van der Waals surface area contributed by atoms with E-state index in [4.69, 9.17) is 4.74 Å². The Morgan fingerprint density at radius 1 is 1.04 bits per heavy atom. The number of ether oxygens (including phenoxy) is 1. The number of amides is 1. The third-order valence-corrected chi connectivity index (χ3v) is 4.58. The highest BCUT2D eigenvalue weighted by Gasteiger charge is 2.13. The van der Waals surface area contributed by atoms with E-state index in [-0.39, 0.29) is 12.0 Å². The van der Waals surface area contributed by atoms with E-state index >= 15 is 0 Å². The first kappa shape index (κ1) is 18.5. The number of nitrogens with one attached hydrogen (secondary N) is 1. The van der Waals surface area contributed by atoms with Crippen LogP contribution in [0.5, 0.6) is 5.75 Å². The molecule has 0 saturated carbocycles. The molecule has 0 unspecified atom stereocenters. The molecular weight excluding hydrogens is 324 g/mol. The molecule has 0 atom stereocenters. The minimum Gasteiger partial charge on any atom is -0.490 e. The zero-order chi connectivity index (χ0) is 18.4. The van der Waals surface area contributed by atoms with Gasteiger partial charge in [0.25, 0.3) is 5.91 Å². The van der Waals surface area contributed by atoms with Gasteiger partial charge >= 0.3 is 0 Å². The predicted octanol–water partition coefficient (Wildman–Crippen LogP) is 4.00. The average molecular weight is 352 g/mol. The fraction of sp³-hybridized carbons (Fsp3) is 0.409. The van der Waals surface area contributed by atoms with E-state index in [0.717, 1.165) is 12.1 Å². The van der Waals surface area contributed by atoms with Crippen molar-refractivity contribution in [1.82, 2.24) is 10.2 Å². The average Bonchev–Trinajstić information content (AvgIpc) is 3.14. The maximum atomic E-state index is 12.5. The number of para-hydroxylation sites is 1. The lowest BCUT2D eigenvalue weighted by molar-refractivity contribution is 0.0945. The van der Waals surface area contributed by atoms with Gasteiger partial charge in [0.2, 0.25) is 0 Å². The lowest BCUT2D eigenvalue weighted by Gasteiger charge is -2.15. The van der Waals surface area contributed by atoms with Crippen molar-refractivity contribution in [2.24, 2.45) is 0 Å². The summed E-state index contributed by atoms with van der Waals surface area (Å²) < 4.78 is 5.73. The lowest BCUT2D eigenvalue weighted by Crippen LogP contribution is -2.24. The first-order valence-corrected chi connectivity index (χ1v) is 9.46. The first-order valence-electron chi connectivity index (χ1n) is 9.46. The topological polar surface area (TPSA) is 41.6 Å². The highest BCUT2D eigenvalue weighted by molar-refractivity contribution is 5.96. The third-order valence-electron chi connectivity index (χ3n) is 4.58. The maximum Gasteiger partial charge on any atom is 0.255 e. The maximum absolute atomic E-state index is 12.5. The molecule has 26 heavy (non-hydrogen) atoms. The number of hydrogen-bond acceptors (Lipinski definition) is 3. The van der Waals surface area contributed by atoms with Crippen LogP contribution >= 0.6 is 0 Å². The fourth-order valence-electron chi connectivity index (χ4n) is 3.25. The minimum absolute atomic E-state index is 0.0344. The summed E-state index contributed by atoms with van der Waals surface area (Å²) in [5, 5.41) is 2.99. The van der Waals surface area contributed by atoms with Gasteiger partial charge in [-0.25, -0.2) is 0 Å². The Labute approximate surface area is 156 Å². The van der Waals surface area contributed by atoms with Crippen molar-refractivity contribution < 1.29 is 9.53 Å². The predicted molar refractivity (Wildman–Crippen MR) is 104 cm³/mol. The van der Waals surface area contributed by atoms with Crippen LogP contribution in [0.1, 0.15) is 48.2 Å². The van der Waals surface area contributed by atoms with E-state index in [1.807, 2.05) is 32.0 Å². The van der Waals surface area contributed by atoms with E-state index in [1.54, 1.807) is 6.07 Å². The molecule has 1 N–H and O–H groups in total. The van der Waals surface area contributed by atoms with Crippen LogP contribution in [-0.4, -0.2) is 30.0 Å². The van der Waals surface area contributed by atoms with E-state index in [2.05, 4.69) is 34.5 Å². The number of carbonyl (C=O) groups excluding carboxylic acids is 1. The molecule has 0 radical (unpaired) electrons. The SMILES string of the molecule is CC(C)Oc1ccccc1C(=O)NCc1ccc(CN2CCCC2)cc1. The molecule has 1 amide bonds. The van der Waals surface area contributed by atoms with Crippen LogP contribution < -0.4 is 10.1 Å². The van der Waals surface area contributed by atoms with Crippen LogP contribution in [0.25, 0.3) is 0 Å². The van der Waals surface area contributed by atoms with Crippen molar-refractivity contribution in [2.75, 3.05) is 13.1 Å². The normalized spacial score (nSPS) is 14.6. The van der Waals surface area contributed by atoms with Gasteiger partial charge in [-0.1, -0.05) is 36.4 Å². The Bertz CT molecular complexity index is 719. The van der Waals surface area contributed by atoms with Gasteiger partial charge in [-0.15, -0.1) is 0 Å². The highest BCUT2D eigenvalue weighted by Crippen LogP contribution is 2.19. The fourth-order valence-corrected chi connectivity index (χ4v) is 3.25. The molecule has 0 spiro atoms. The van der Waals surface area contributed by atoms with E-state index in [0.29, 0.717) is 17.9 Å². The Morgan fingerprint density at radius 3 is 2.38 bits per heavy atom. The van der Waals surface area contributed by atoms with E-state index in [9.17, 15) is 4.79 Å². The molecule has 0 bridgehead atoms. The standard InChI is InChI=1S/C22H28N2O2/c1-17(2)26-21-8-4-3-7-20(21)22(25)23-15-18-9-11-19(12-10-18)16-24-13-5-6-14-24/h3-4,7-12,17H,5-6,13-16H2,1-2H3,(H,23,25). The van der Waals surface area contributed by atoms with Crippen LogP contribution in [0.2, 0.25) is 0 Å². The van der Waals surface area contributed by atoms with Crippen molar-refractivity contribution in [3.05, 3.63) is 65.2 Å². The molecule has 4 nitrogen and oxygen atoms in total. The van der Waals surface area contributed by atoms with Crippen molar-refractivity contribution in [1.29, 1.82) is 0 Å². The number of hydrogen-bond donors (Lipinski definition) is 1. The summed E-state index contributed by atoms with van der Waals surface area (Å²) in [5.74, 6) is 0.517. The van der Waals surface area contributed by atoms with Crippen molar-refractivity contribution in [3.63, 3.8) is 0 Å². The molecular formula is C22H28N2O2. The van der Waals surface area contributed by atoms with Gasteiger partial charge in [0.15, 0.2) is 0 Å². The zero-order valence-electron chi connectivity index (χ0n) is 15.7. The summed E-state index contributed by atoms with van der Waals surface area (Å²) in [6.07, 6.45) is 2.66. The quantitative estimate of drug-likeness (QED) is 0.819. The summed E-state index contributed by atoms with van der Waals surface area (Å²) in [6.45, 7) is 7.85. The highest BCUT2D eigenvalue weighted by atomic mass is 16.5.